The molecule has 1 N–H and O–H groups in total. The van der Waals surface area contributed by atoms with E-state index in [-0.39, 0.29) is 5.69 Å². The highest BCUT2D eigenvalue weighted by atomic mass is 35.5. The van der Waals surface area contributed by atoms with E-state index in [1.165, 1.54) is 4.68 Å². The molecule has 0 spiro atoms. The van der Waals surface area contributed by atoms with Crippen molar-refractivity contribution in [3.63, 3.8) is 0 Å². The Labute approximate surface area is 126 Å². The van der Waals surface area contributed by atoms with Crippen molar-refractivity contribution in [1.82, 2.24) is 9.78 Å². The first-order valence-electron chi connectivity index (χ1n) is 5.90. The van der Waals surface area contributed by atoms with Gasteiger partial charge in [-0.2, -0.15) is 5.10 Å². The highest BCUT2D eigenvalue weighted by Crippen LogP contribution is 2.15. The monoisotopic (exact) mass is 309 g/mol. The first-order valence-corrected chi connectivity index (χ1v) is 6.68. The fraction of sp³-hybridized carbons (Fsp3) is 0.154. The van der Waals surface area contributed by atoms with E-state index in [2.05, 4.69) is 10.4 Å². The molecule has 0 aliphatic carbocycles. The van der Waals surface area contributed by atoms with Crippen LogP contribution in [-0.4, -0.2) is 27.5 Å². The first kappa shape index (κ1) is 14.5. The van der Waals surface area contributed by atoms with E-state index in [0.29, 0.717) is 16.7 Å². The van der Waals surface area contributed by atoms with E-state index in [1.807, 2.05) is 6.07 Å². The Hall–Kier alpha value is -1.92. The van der Waals surface area contributed by atoms with E-state index in [9.17, 15) is 4.79 Å². The zero-order valence-corrected chi connectivity index (χ0v) is 12.2. The molecule has 0 fully saturated rings. The maximum Gasteiger partial charge on any atom is 0.358 e. The van der Waals surface area contributed by atoms with Crippen LogP contribution in [0.2, 0.25) is 5.02 Å². The number of carbonyl (C=O) groups is 1. The third-order valence-corrected chi connectivity index (χ3v) is 2.88. The number of nitrogens with zero attached hydrogens (tertiary/aromatic N) is 2. The predicted octanol–water partition coefficient (Wildman–Crippen LogP) is 2.96. The van der Waals surface area contributed by atoms with Crippen LogP contribution >= 0.6 is 23.8 Å². The van der Waals surface area contributed by atoms with Crippen LogP contribution in [-0.2, 0) is 4.74 Å². The van der Waals surface area contributed by atoms with Crippen molar-refractivity contribution in [3.05, 3.63) is 47.2 Å². The molecule has 0 atom stereocenters. The summed E-state index contributed by atoms with van der Waals surface area (Å²) in [6, 6.07) is 8.68. The van der Waals surface area contributed by atoms with Crippen LogP contribution in [0.15, 0.2) is 36.5 Å². The summed E-state index contributed by atoms with van der Waals surface area (Å²) in [5, 5.41) is 7.97. The van der Waals surface area contributed by atoms with Gasteiger partial charge in [-0.25, -0.2) is 9.48 Å². The SMILES string of the molecule is CCOC(=O)c1ccn(C(=S)Nc2cccc(Cl)c2)n1. The molecular weight excluding hydrogens is 298 g/mol. The van der Waals surface area contributed by atoms with Gasteiger partial charge in [0.15, 0.2) is 10.8 Å². The van der Waals surface area contributed by atoms with Gasteiger partial charge in [0.25, 0.3) is 0 Å². The zero-order valence-electron chi connectivity index (χ0n) is 10.7. The molecule has 1 aromatic carbocycles. The van der Waals surface area contributed by atoms with Gasteiger partial charge in [-0.1, -0.05) is 17.7 Å². The topological polar surface area (TPSA) is 56.1 Å². The molecule has 0 saturated carbocycles. The molecule has 20 heavy (non-hydrogen) atoms. The molecule has 0 radical (unpaired) electrons. The maximum atomic E-state index is 11.5. The third-order valence-electron chi connectivity index (χ3n) is 2.36. The van der Waals surface area contributed by atoms with Crippen LogP contribution in [0.25, 0.3) is 0 Å². The summed E-state index contributed by atoms with van der Waals surface area (Å²) < 4.78 is 6.25. The zero-order chi connectivity index (χ0) is 14.5. The number of halogens is 1. The second kappa shape index (κ2) is 6.49. The summed E-state index contributed by atoms with van der Waals surface area (Å²) in [6.45, 7) is 2.04. The lowest BCUT2D eigenvalue weighted by Gasteiger charge is -2.07. The number of anilines is 1. The first-order chi connectivity index (χ1) is 9.60. The fourth-order valence-electron chi connectivity index (χ4n) is 1.50. The minimum absolute atomic E-state index is 0.210. The Bertz CT molecular complexity index is 642. The highest BCUT2D eigenvalue weighted by Gasteiger charge is 2.11. The molecule has 2 aromatic rings. The molecule has 1 aromatic heterocycles. The molecule has 0 aliphatic heterocycles. The van der Waals surface area contributed by atoms with Crippen molar-refractivity contribution >= 4 is 40.6 Å². The van der Waals surface area contributed by atoms with Crippen molar-refractivity contribution in [1.29, 1.82) is 0 Å². The molecule has 0 bridgehead atoms. The highest BCUT2D eigenvalue weighted by molar-refractivity contribution is 7.80. The largest absolute Gasteiger partial charge is 0.461 e. The smallest absolute Gasteiger partial charge is 0.358 e. The van der Waals surface area contributed by atoms with Crippen LogP contribution in [0.1, 0.15) is 17.4 Å². The number of hydrogen-bond acceptors (Lipinski definition) is 4. The van der Waals surface area contributed by atoms with Gasteiger partial charge in [-0.05, 0) is 43.4 Å². The molecule has 104 valence electrons. The Morgan fingerprint density at radius 1 is 1.50 bits per heavy atom. The van der Waals surface area contributed by atoms with E-state index >= 15 is 0 Å². The van der Waals surface area contributed by atoms with Gasteiger partial charge in [0.05, 0.1) is 6.61 Å². The molecule has 7 heteroatoms. The van der Waals surface area contributed by atoms with E-state index in [1.54, 1.807) is 37.4 Å². The summed E-state index contributed by atoms with van der Waals surface area (Å²) in [7, 11) is 0. The number of esters is 1. The Morgan fingerprint density at radius 2 is 2.30 bits per heavy atom. The standard InChI is InChI=1S/C13H12ClN3O2S/c1-2-19-12(18)11-6-7-17(16-11)13(20)15-10-5-3-4-9(14)8-10/h3-8H,2H2,1H3,(H,15,20). The summed E-state index contributed by atoms with van der Waals surface area (Å²) in [6.07, 6.45) is 1.59. The molecule has 0 saturated heterocycles. The Morgan fingerprint density at radius 3 is 3.00 bits per heavy atom. The van der Waals surface area contributed by atoms with Crippen molar-refractivity contribution in [3.8, 4) is 0 Å². The normalized spacial score (nSPS) is 10.1. The number of hydrogen-bond donors (Lipinski definition) is 1. The van der Waals surface area contributed by atoms with Crippen LogP contribution in [0.5, 0.6) is 0 Å². The number of benzene rings is 1. The molecule has 2 rings (SSSR count). The Kier molecular flexibility index (Phi) is 4.70. The second-order valence-corrected chi connectivity index (χ2v) is 4.63. The van der Waals surface area contributed by atoms with Crippen LogP contribution in [0.3, 0.4) is 0 Å². The van der Waals surface area contributed by atoms with Gasteiger partial charge in [-0.15, -0.1) is 0 Å². The molecule has 1 heterocycles. The summed E-state index contributed by atoms with van der Waals surface area (Å²) in [4.78, 5) is 11.5. The third kappa shape index (κ3) is 3.55. The van der Waals surface area contributed by atoms with Gasteiger partial charge in [-0.3, -0.25) is 0 Å². The van der Waals surface area contributed by atoms with Gasteiger partial charge >= 0.3 is 5.97 Å². The van der Waals surface area contributed by atoms with Gasteiger partial charge in [0, 0.05) is 16.9 Å². The van der Waals surface area contributed by atoms with Crippen molar-refractivity contribution < 1.29 is 9.53 Å². The molecule has 0 unspecified atom stereocenters. The summed E-state index contributed by atoms with van der Waals surface area (Å²) in [5.74, 6) is -0.475. The van der Waals surface area contributed by atoms with Crippen LogP contribution in [0.4, 0.5) is 5.69 Å². The van der Waals surface area contributed by atoms with Gasteiger partial charge in [0.1, 0.15) is 0 Å². The average molecular weight is 310 g/mol. The lowest BCUT2D eigenvalue weighted by Crippen LogP contribution is -2.20. The number of aromatic nitrogens is 2. The molecule has 0 aliphatic rings. The van der Waals surface area contributed by atoms with Gasteiger partial charge in [0.2, 0.25) is 0 Å². The second-order valence-electron chi connectivity index (χ2n) is 3.81. The quantitative estimate of drug-likeness (QED) is 0.698. The summed E-state index contributed by atoms with van der Waals surface area (Å²) in [5.41, 5.74) is 0.956. The van der Waals surface area contributed by atoms with E-state index in [0.717, 1.165) is 5.69 Å². The summed E-state index contributed by atoms with van der Waals surface area (Å²) >= 11 is 11.1. The minimum Gasteiger partial charge on any atom is -0.461 e. The fourth-order valence-corrected chi connectivity index (χ4v) is 1.91. The van der Waals surface area contributed by atoms with Crippen molar-refractivity contribution in [2.24, 2.45) is 0 Å². The van der Waals surface area contributed by atoms with Crippen LogP contribution < -0.4 is 5.32 Å². The average Bonchev–Trinajstić information content (AvgIpc) is 2.88. The number of nitrogens with one attached hydrogen (secondary N) is 1. The molecular formula is C13H12ClN3O2S. The molecule has 5 nitrogen and oxygen atoms in total. The van der Waals surface area contributed by atoms with Crippen molar-refractivity contribution in [2.75, 3.05) is 11.9 Å². The van der Waals surface area contributed by atoms with E-state index < -0.39 is 5.97 Å². The van der Waals surface area contributed by atoms with E-state index in [4.69, 9.17) is 28.6 Å². The lowest BCUT2D eigenvalue weighted by molar-refractivity contribution is 0.0519. The minimum atomic E-state index is -0.475. The lowest BCUT2D eigenvalue weighted by atomic mass is 10.3. The maximum absolute atomic E-state index is 11.5. The number of carbonyl (C=O) groups excluding carboxylic acids is 1. The Balaban J connectivity index is 2.08. The van der Waals surface area contributed by atoms with Crippen LogP contribution in [0, 0.1) is 0 Å². The molecule has 0 amide bonds. The predicted molar refractivity (Wildman–Crippen MR) is 81.3 cm³/mol. The number of thiocarbonyl (C=S) groups is 1. The number of rotatable bonds is 3. The van der Waals surface area contributed by atoms with Crippen molar-refractivity contribution in [2.45, 2.75) is 6.92 Å². The number of ether oxygens (including phenoxy) is 1. The van der Waals surface area contributed by atoms with Gasteiger partial charge < -0.3 is 10.1 Å².